The molecule has 2 fully saturated rings. The molecule has 160 valence electrons. The molecule has 2 aliphatic rings. The number of nitrogens with two attached hydrogens (primary N) is 1. The number of fused-ring (bicyclic) bond motifs is 2. The van der Waals surface area contributed by atoms with Gasteiger partial charge in [-0.1, -0.05) is 24.4 Å². The molecule has 2 heterocycles. The number of hydrogen-bond donors (Lipinski definition) is 2. The van der Waals surface area contributed by atoms with Crippen molar-refractivity contribution in [3.8, 4) is 17.6 Å². The fraction of sp³-hybridized carbons (Fsp3) is 0.571. The Kier molecular flexibility index (Phi) is 8.47. The van der Waals surface area contributed by atoms with E-state index in [1.165, 1.54) is 0 Å². The van der Waals surface area contributed by atoms with Crippen LogP contribution in [0.1, 0.15) is 43.0 Å². The number of ether oxygens (including phenoxy) is 2. The molecule has 4 atom stereocenters. The first-order chi connectivity index (χ1) is 13.4. The molecule has 8 heteroatoms. The van der Waals surface area contributed by atoms with Crippen LogP contribution in [0.25, 0.3) is 0 Å². The standard InChI is InChI=1S/C21H28ClN3O3.ClH/c1-4-5-6-7-28-19-12-17(23)16(22)11-15(19)21(26)24-13-8-14-10-20(27-3)18(9-13)25(14)2;/h11-14,18,20H,4,7-10,23H2,1-3H3,(H,24,26);1H/t13?,14?,18?,20-;/m1./s1. The number of carbonyl (C=O) groups excluding carboxylic acids is 1. The minimum absolute atomic E-state index is 0. The molecule has 0 aliphatic carbocycles. The van der Waals surface area contributed by atoms with Gasteiger partial charge in [0.15, 0.2) is 0 Å². The summed E-state index contributed by atoms with van der Waals surface area (Å²) < 4.78 is 11.3. The average molecular weight is 442 g/mol. The molecule has 3 N–H and O–H groups in total. The van der Waals surface area contributed by atoms with Crippen molar-refractivity contribution in [3.63, 3.8) is 0 Å². The summed E-state index contributed by atoms with van der Waals surface area (Å²) in [6.07, 6.45) is 3.74. The highest BCUT2D eigenvalue weighted by Gasteiger charge is 2.45. The number of amides is 1. The van der Waals surface area contributed by atoms with Crippen LogP contribution in [0.4, 0.5) is 5.69 Å². The lowest BCUT2D eigenvalue weighted by Crippen LogP contribution is -2.50. The fourth-order valence-corrected chi connectivity index (χ4v) is 4.38. The normalized spacial score (nSPS) is 25.5. The number of halogens is 2. The first-order valence-electron chi connectivity index (χ1n) is 9.67. The number of rotatable bonds is 5. The Hall–Kier alpha value is -1.65. The van der Waals surface area contributed by atoms with Crippen LogP contribution in [0.3, 0.4) is 0 Å². The summed E-state index contributed by atoms with van der Waals surface area (Å²) in [6.45, 7) is 2.16. The topological polar surface area (TPSA) is 76.8 Å². The fourth-order valence-electron chi connectivity index (χ4n) is 4.21. The molecular weight excluding hydrogens is 413 g/mol. The molecule has 3 rings (SSSR count). The van der Waals surface area contributed by atoms with E-state index in [0.29, 0.717) is 34.1 Å². The predicted octanol–water partition coefficient (Wildman–Crippen LogP) is 3.12. The van der Waals surface area contributed by atoms with E-state index in [2.05, 4.69) is 29.1 Å². The number of anilines is 1. The van der Waals surface area contributed by atoms with Gasteiger partial charge in [0, 0.05) is 37.7 Å². The predicted molar refractivity (Wildman–Crippen MR) is 118 cm³/mol. The third kappa shape index (κ3) is 5.29. The summed E-state index contributed by atoms with van der Waals surface area (Å²) in [7, 11) is 3.89. The highest BCUT2D eigenvalue weighted by molar-refractivity contribution is 6.33. The Balaban J connectivity index is 0.00000300. The third-order valence-electron chi connectivity index (χ3n) is 5.70. The van der Waals surface area contributed by atoms with Gasteiger partial charge in [-0.15, -0.1) is 18.3 Å². The molecule has 3 unspecified atom stereocenters. The monoisotopic (exact) mass is 441 g/mol. The maximum atomic E-state index is 13.0. The van der Waals surface area contributed by atoms with E-state index in [-0.39, 0.29) is 37.1 Å². The van der Waals surface area contributed by atoms with Crippen LogP contribution in [0.2, 0.25) is 5.02 Å². The maximum absolute atomic E-state index is 13.0. The highest BCUT2D eigenvalue weighted by atomic mass is 35.5. The number of carbonyl (C=O) groups is 1. The summed E-state index contributed by atoms with van der Waals surface area (Å²) in [5.41, 5.74) is 6.65. The van der Waals surface area contributed by atoms with Crippen LogP contribution in [-0.2, 0) is 4.74 Å². The number of piperidine rings is 1. The second-order valence-electron chi connectivity index (χ2n) is 7.40. The summed E-state index contributed by atoms with van der Waals surface area (Å²) in [5.74, 6) is 6.04. The summed E-state index contributed by atoms with van der Waals surface area (Å²) in [6, 6.07) is 3.98. The van der Waals surface area contributed by atoms with Crippen LogP contribution >= 0.6 is 24.0 Å². The first-order valence-corrected chi connectivity index (χ1v) is 10.1. The summed E-state index contributed by atoms with van der Waals surface area (Å²) >= 11 is 6.16. The molecule has 1 amide bonds. The van der Waals surface area contributed by atoms with Crippen LogP contribution in [-0.4, -0.2) is 55.8 Å². The van der Waals surface area contributed by atoms with Crippen molar-refractivity contribution < 1.29 is 14.3 Å². The van der Waals surface area contributed by atoms with Crippen molar-refractivity contribution in [3.05, 3.63) is 22.7 Å². The minimum Gasteiger partial charge on any atom is -0.480 e. The smallest absolute Gasteiger partial charge is 0.255 e. The van der Waals surface area contributed by atoms with Crippen LogP contribution < -0.4 is 15.8 Å². The van der Waals surface area contributed by atoms with Gasteiger partial charge in [-0.05, 0) is 32.4 Å². The lowest BCUT2D eigenvalue weighted by molar-refractivity contribution is 0.0524. The second kappa shape index (κ2) is 10.4. The Morgan fingerprint density at radius 3 is 2.79 bits per heavy atom. The van der Waals surface area contributed by atoms with Crippen LogP contribution in [0.15, 0.2) is 12.1 Å². The quantitative estimate of drug-likeness (QED) is 0.542. The van der Waals surface area contributed by atoms with Crippen molar-refractivity contribution in [1.29, 1.82) is 0 Å². The largest absolute Gasteiger partial charge is 0.480 e. The van der Waals surface area contributed by atoms with Gasteiger partial charge in [-0.25, -0.2) is 0 Å². The minimum atomic E-state index is -0.205. The number of benzene rings is 1. The van der Waals surface area contributed by atoms with Crippen molar-refractivity contribution in [2.45, 2.75) is 56.8 Å². The van der Waals surface area contributed by atoms with Gasteiger partial charge in [0.2, 0.25) is 0 Å². The number of nitrogens with zero attached hydrogens (tertiary/aromatic N) is 1. The molecule has 1 aromatic rings. The zero-order chi connectivity index (χ0) is 20.3. The Morgan fingerprint density at radius 1 is 1.34 bits per heavy atom. The van der Waals surface area contributed by atoms with E-state index in [0.717, 1.165) is 25.7 Å². The summed E-state index contributed by atoms with van der Waals surface area (Å²) in [5, 5.41) is 3.49. The lowest BCUT2D eigenvalue weighted by atomic mass is 9.97. The van der Waals surface area contributed by atoms with E-state index < -0.39 is 0 Å². The summed E-state index contributed by atoms with van der Waals surface area (Å²) in [4.78, 5) is 15.4. The molecule has 0 radical (unpaired) electrons. The molecule has 2 aliphatic heterocycles. The Bertz CT molecular complexity index is 793. The van der Waals surface area contributed by atoms with Gasteiger partial charge >= 0.3 is 0 Å². The molecule has 0 spiro atoms. The molecule has 6 nitrogen and oxygen atoms in total. The van der Waals surface area contributed by atoms with Crippen molar-refractivity contribution in [2.75, 3.05) is 26.5 Å². The van der Waals surface area contributed by atoms with Crippen LogP contribution in [0, 0.1) is 11.8 Å². The van der Waals surface area contributed by atoms with Gasteiger partial charge in [0.1, 0.15) is 12.4 Å². The van der Waals surface area contributed by atoms with Gasteiger partial charge in [-0.3, -0.25) is 9.69 Å². The molecule has 2 bridgehead atoms. The molecule has 0 aromatic heterocycles. The number of hydrogen-bond acceptors (Lipinski definition) is 5. The molecule has 2 saturated heterocycles. The number of likely N-dealkylation sites (N-methyl/N-ethyl adjacent to an activating group) is 1. The molecule has 29 heavy (non-hydrogen) atoms. The van der Waals surface area contributed by atoms with Gasteiger partial charge < -0.3 is 20.5 Å². The third-order valence-corrected chi connectivity index (χ3v) is 6.03. The van der Waals surface area contributed by atoms with Gasteiger partial charge in [0.05, 0.1) is 22.4 Å². The van der Waals surface area contributed by atoms with Crippen molar-refractivity contribution in [2.24, 2.45) is 0 Å². The van der Waals surface area contributed by atoms with E-state index >= 15 is 0 Å². The van der Waals surface area contributed by atoms with E-state index in [9.17, 15) is 4.79 Å². The zero-order valence-electron chi connectivity index (χ0n) is 17.0. The van der Waals surface area contributed by atoms with Gasteiger partial charge in [-0.2, -0.15) is 0 Å². The highest BCUT2D eigenvalue weighted by Crippen LogP contribution is 2.36. The second-order valence-corrected chi connectivity index (χ2v) is 7.81. The van der Waals surface area contributed by atoms with Crippen LogP contribution in [0.5, 0.6) is 5.75 Å². The molecular formula is C21H29Cl2N3O3. The maximum Gasteiger partial charge on any atom is 0.255 e. The molecule has 1 aromatic carbocycles. The van der Waals surface area contributed by atoms with Crippen molar-refractivity contribution in [1.82, 2.24) is 10.2 Å². The zero-order valence-corrected chi connectivity index (χ0v) is 18.6. The SMILES string of the molecule is CCC#CCOc1cc(N)c(Cl)cc1C(=O)NC1CC2C[C@@H](OC)C(C1)N2C.Cl. The molecule has 0 saturated carbocycles. The lowest BCUT2D eigenvalue weighted by Gasteiger charge is -2.37. The Morgan fingerprint density at radius 2 is 2.10 bits per heavy atom. The Labute approximate surface area is 183 Å². The average Bonchev–Trinajstić information content (AvgIpc) is 2.85. The first kappa shape index (κ1) is 23.6. The van der Waals surface area contributed by atoms with Gasteiger partial charge in [0.25, 0.3) is 5.91 Å². The van der Waals surface area contributed by atoms with E-state index in [1.54, 1.807) is 19.2 Å². The number of nitrogens with one attached hydrogen (secondary N) is 1. The van der Waals surface area contributed by atoms with Crippen molar-refractivity contribution >= 4 is 35.6 Å². The van der Waals surface area contributed by atoms with E-state index in [1.807, 2.05) is 6.92 Å². The van der Waals surface area contributed by atoms with E-state index in [4.69, 9.17) is 26.8 Å². The number of nitrogen functional groups attached to an aromatic ring is 1. The number of methoxy groups -OCH3 is 1.